The summed E-state index contributed by atoms with van der Waals surface area (Å²) in [6.07, 6.45) is 0.723. The third kappa shape index (κ3) is 2.28. The van der Waals surface area contributed by atoms with Crippen LogP contribution >= 0.6 is 34.2 Å². The van der Waals surface area contributed by atoms with E-state index >= 15 is 0 Å². The molecule has 0 radical (unpaired) electrons. The van der Waals surface area contributed by atoms with Crippen LogP contribution in [0.15, 0.2) is 12.1 Å². The minimum absolute atomic E-state index is 0.399. The van der Waals surface area contributed by atoms with Crippen molar-refractivity contribution in [1.82, 2.24) is 0 Å². The fourth-order valence-corrected chi connectivity index (χ4v) is 1.87. The number of carbonyl (C=O) groups excluding carboxylic acids is 2. The predicted molar refractivity (Wildman–Crippen MR) is 59.5 cm³/mol. The largest absolute Gasteiger partial charge is 0.298 e. The van der Waals surface area contributed by atoms with Crippen molar-refractivity contribution in [2.45, 2.75) is 6.92 Å². The molecule has 0 aromatic heterocycles. The summed E-state index contributed by atoms with van der Waals surface area (Å²) in [4.78, 5) is 21.5. The molecule has 0 amide bonds. The summed E-state index contributed by atoms with van der Waals surface area (Å²) in [7, 11) is 0. The Hall–Kier alpha value is -0.420. The van der Waals surface area contributed by atoms with Crippen molar-refractivity contribution in [3.8, 4) is 0 Å². The van der Waals surface area contributed by atoms with Crippen LogP contribution in [0.4, 0.5) is 0 Å². The van der Waals surface area contributed by atoms with Gasteiger partial charge in [-0.15, -0.1) is 0 Å². The van der Waals surface area contributed by atoms with Gasteiger partial charge >= 0.3 is 0 Å². The van der Waals surface area contributed by atoms with Crippen molar-refractivity contribution >= 4 is 45.7 Å². The van der Waals surface area contributed by atoms with Crippen LogP contribution < -0.4 is 0 Å². The average Bonchev–Trinajstić information content (AvgIpc) is 2.08. The molecular weight excluding hydrogens is 302 g/mol. The molecule has 0 aliphatic heterocycles. The normalized spacial score (nSPS) is 9.77. The second kappa shape index (κ2) is 4.19. The zero-order chi connectivity index (χ0) is 10.0. The second-order valence-electron chi connectivity index (χ2n) is 2.56. The van der Waals surface area contributed by atoms with E-state index in [0.717, 1.165) is 9.86 Å². The molecule has 0 fully saturated rings. The van der Waals surface area contributed by atoms with Crippen molar-refractivity contribution < 1.29 is 9.59 Å². The Balaban J connectivity index is 3.44. The van der Waals surface area contributed by atoms with Crippen LogP contribution in [0.1, 0.15) is 26.3 Å². The van der Waals surface area contributed by atoms with Crippen molar-refractivity contribution in [2.75, 3.05) is 0 Å². The molecule has 0 aliphatic carbocycles. The minimum atomic E-state index is -0.529. The van der Waals surface area contributed by atoms with Gasteiger partial charge in [-0.25, -0.2) is 0 Å². The molecule has 0 heterocycles. The second-order valence-corrected chi connectivity index (χ2v) is 4.15. The van der Waals surface area contributed by atoms with Crippen LogP contribution in [0.2, 0.25) is 0 Å². The number of halogens is 2. The Morgan fingerprint density at radius 2 is 2.15 bits per heavy atom. The van der Waals surface area contributed by atoms with E-state index in [1.807, 2.05) is 22.6 Å². The van der Waals surface area contributed by atoms with E-state index in [2.05, 4.69) is 0 Å². The highest BCUT2D eigenvalue weighted by molar-refractivity contribution is 14.1. The van der Waals surface area contributed by atoms with Gasteiger partial charge in [-0.1, -0.05) is 0 Å². The number of hydrogen-bond acceptors (Lipinski definition) is 2. The molecule has 0 N–H and O–H groups in total. The van der Waals surface area contributed by atoms with Crippen LogP contribution in [0, 0.1) is 10.5 Å². The Kier molecular flexibility index (Phi) is 3.44. The first-order chi connectivity index (χ1) is 6.06. The first kappa shape index (κ1) is 10.7. The molecule has 0 spiro atoms. The third-order valence-electron chi connectivity index (χ3n) is 1.75. The van der Waals surface area contributed by atoms with Gasteiger partial charge in [-0.3, -0.25) is 9.59 Å². The van der Waals surface area contributed by atoms with Gasteiger partial charge in [0.2, 0.25) is 0 Å². The fraction of sp³-hybridized carbons (Fsp3) is 0.111. The molecule has 1 rings (SSSR count). The summed E-state index contributed by atoms with van der Waals surface area (Å²) in [5, 5.41) is -0.529. The maximum Gasteiger partial charge on any atom is 0.252 e. The first-order valence-corrected chi connectivity index (χ1v) is 4.97. The molecular formula is C9H6ClIO2. The molecule has 4 heteroatoms. The summed E-state index contributed by atoms with van der Waals surface area (Å²) in [5.74, 6) is 0. The van der Waals surface area contributed by atoms with Gasteiger partial charge in [-0.2, -0.15) is 0 Å². The number of aldehydes is 1. The van der Waals surface area contributed by atoms with E-state index < -0.39 is 5.24 Å². The molecule has 0 bridgehead atoms. The van der Waals surface area contributed by atoms with Gasteiger partial charge in [-0.05, 0) is 58.8 Å². The molecule has 0 saturated carbocycles. The Morgan fingerprint density at radius 1 is 1.54 bits per heavy atom. The number of rotatable bonds is 2. The Morgan fingerprint density at radius 3 is 2.62 bits per heavy atom. The topological polar surface area (TPSA) is 34.1 Å². The van der Waals surface area contributed by atoms with Gasteiger partial charge in [0, 0.05) is 14.7 Å². The van der Waals surface area contributed by atoms with Gasteiger partial charge in [0.1, 0.15) is 6.29 Å². The third-order valence-corrected chi connectivity index (χ3v) is 2.58. The molecule has 0 unspecified atom stereocenters. The summed E-state index contributed by atoms with van der Waals surface area (Å²) in [6.45, 7) is 1.70. The SMILES string of the molecule is Cc1c(C=O)cc(I)cc1C(=O)Cl. The van der Waals surface area contributed by atoms with Crippen molar-refractivity contribution in [1.29, 1.82) is 0 Å². The summed E-state index contributed by atoms with van der Waals surface area (Å²) in [6, 6.07) is 3.38. The highest BCUT2D eigenvalue weighted by Gasteiger charge is 2.10. The van der Waals surface area contributed by atoms with Crippen molar-refractivity contribution in [2.24, 2.45) is 0 Å². The van der Waals surface area contributed by atoms with E-state index in [1.54, 1.807) is 19.1 Å². The van der Waals surface area contributed by atoms with Gasteiger partial charge in [0.15, 0.2) is 0 Å². The maximum absolute atomic E-state index is 10.9. The standard InChI is InChI=1S/C9H6ClIO2/c1-5-6(4-12)2-7(11)3-8(5)9(10)13/h2-4H,1H3. The lowest BCUT2D eigenvalue weighted by molar-refractivity contribution is 0.108. The fourth-order valence-electron chi connectivity index (χ4n) is 1.03. The zero-order valence-electron chi connectivity index (χ0n) is 6.80. The Bertz CT molecular complexity index is 374. The molecule has 2 nitrogen and oxygen atoms in total. The number of benzene rings is 1. The summed E-state index contributed by atoms with van der Waals surface area (Å²) < 4.78 is 0.828. The maximum atomic E-state index is 10.9. The van der Waals surface area contributed by atoms with Gasteiger partial charge in [0.05, 0.1) is 0 Å². The molecule has 1 aromatic carbocycles. The lowest BCUT2D eigenvalue weighted by atomic mass is 10.0. The highest BCUT2D eigenvalue weighted by atomic mass is 127. The summed E-state index contributed by atoms with van der Waals surface area (Å²) in [5.41, 5.74) is 1.54. The average molecular weight is 309 g/mol. The monoisotopic (exact) mass is 308 g/mol. The quantitative estimate of drug-likeness (QED) is 0.478. The smallest absolute Gasteiger partial charge is 0.252 e. The number of carbonyl (C=O) groups is 2. The lowest BCUT2D eigenvalue weighted by Gasteiger charge is -2.04. The van der Waals surface area contributed by atoms with Crippen LogP contribution in [0.3, 0.4) is 0 Å². The van der Waals surface area contributed by atoms with Crippen molar-refractivity contribution in [3.05, 3.63) is 32.4 Å². The minimum Gasteiger partial charge on any atom is -0.298 e. The molecule has 0 atom stereocenters. The first-order valence-electron chi connectivity index (χ1n) is 3.51. The van der Waals surface area contributed by atoms with E-state index in [0.29, 0.717) is 16.7 Å². The predicted octanol–water partition coefficient (Wildman–Crippen LogP) is 2.79. The van der Waals surface area contributed by atoms with Gasteiger partial charge < -0.3 is 0 Å². The van der Waals surface area contributed by atoms with Crippen molar-refractivity contribution in [3.63, 3.8) is 0 Å². The van der Waals surface area contributed by atoms with E-state index in [-0.39, 0.29) is 0 Å². The molecule has 0 aliphatic rings. The molecule has 68 valence electrons. The summed E-state index contributed by atoms with van der Waals surface area (Å²) >= 11 is 7.39. The van der Waals surface area contributed by atoms with E-state index in [1.165, 1.54) is 0 Å². The zero-order valence-corrected chi connectivity index (χ0v) is 9.72. The van der Waals surface area contributed by atoms with Crippen LogP contribution in [-0.2, 0) is 0 Å². The number of hydrogen-bond donors (Lipinski definition) is 0. The molecule has 13 heavy (non-hydrogen) atoms. The molecule has 1 aromatic rings. The lowest BCUT2D eigenvalue weighted by Crippen LogP contribution is -1.99. The molecule has 0 saturated heterocycles. The van der Waals surface area contributed by atoms with Gasteiger partial charge in [0.25, 0.3) is 5.24 Å². The van der Waals surface area contributed by atoms with Crippen LogP contribution in [0.5, 0.6) is 0 Å². The van der Waals surface area contributed by atoms with Crippen LogP contribution in [-0.4, -0.2) is 11.5 Å². The highest BCUT2D eigenvalue weighted by Crippen LogP contribution is 2.18. The Labute approximate surface area is 94.4 Å². The van der Waals surface area contributed by atoms with E-state index in [9.17, 15) is 9.59 Å². The van der Waals surface area contributed by atoms with E-state index in [4.69, 9.17) is 11.6 Å². The van der Waals surface area contributed by atoms with Crippen LogP contribution in [0.25, 0.3) is 0 Å².